The lowest BCUT2D eigenvalue weighted by atomic mass is 9.97. The smallest absolute Gasteiger partial charge is 0.255 e. The highest BCUT2D eigenvalue weighted by molar-refractivity contribution is 7.89. The van der Waals surface area contributed by atoms with E-state index in [9.17, 15) is 13.2 Å². The molecule has 1 N–H and O–H groups in total. The molecule has 0 bridgehead atoms. The molecule has 0 saturated carbocycles. The predicted molar refractivity (Wildman–Crippen MR) is 99.2 cm³/mol. The van der Waals surface area contributed by atoms with Crippen LogP contribution in [0.4, 0.5) is 0 Å². The van der Waals surface area contributed by atoms with Crippen molar-refractivity contribution in [2.45, 2.75) is 24.7 Å². The van der Waals surface area contributed by atoms with E-state index in [1.807, 2.05) is 17.9 Å². The van der Waals surface area contributed by atoms with Crippen molar-refractivity contribution in [3.63, 3.8) is 0 Å². The number of sulfonamides is 1. The molecule has 1 aromatic heterocycles. The minimum Gasteiger partial charge on any atom is -0.339 e. The predicted octanol–water partition coefficient (Wildman–Crippen LogP) is 2.22. The normalized spacial score (nSPS) is 15.8. The number of amides is 1. The van der Waals surface area contributed by atoms with E-state index in [4.69, 9.17) is 0 Å². The van der Waals surface area contributed by atoms with Gasteiger partial charge in [-0.05, 0) is 55.5 Å². The molecule has 1 amide bonds. The Kier molecular flexibility index (Phi) is 5.68. The Morgan fingerprint density at radius 2 is 2.00 bits per heavy atom. The number of hydrogen-bond acceptors (Lipinski definition) is 4. The third-order valence-corrected chi connectivity index (χ3v) is 6.09. The topological polar surface area (TPSA) is 79.4 Å². The van der Waals surface area contributed by atoms with E-state index in [2.05, 4.69) is 9.71 Å². The first-order valence-electron chi connectivity index (χ1n) is 8.71. The average Bonchev–Trinajstić information content (AvgIpc) is 2.67. The molecular weight excluding hydrogens is 350 g/mol. The number of aryl methyl sites for hydroxylation is 1. The molecule has 0 spiro atoms. The first kappa shape index (κ1) is 18.5. The van der Waals surface area contributed by atoms with Crippen molar-refractivity contribution >= 4 is 15.9 Å². The van der Waals surface area contributed by atoms with Crippen LogP contribution in [0.1, 0.15) is 28.8 Å². The van der Waals surface area contributed by atoms with Gasteiger partial charge in [0.25, 0.3) is 5.91 Å². The van der Waals surface area contributed by atoms with E-state index >= 15 is 0 Å². The third-order valence-electron chi connectivity index (χ3n) is 4.67. The molecule has 0 radical (unpaired) electrons. The fourth-order valence-corrected chi connectivity index (χ4v) is 4.33. The second kappa shape index (κ2) is 7.97. The molecule has 7 heteroatoms. The van der Waals surface area contributed by atoms with Crippen molar-refractivity contribution in [3.8, 4) is 0 Å². The number of benzene rings is 1. The Morgan fingerprint density at radius 1 is 1.23 bits per heavy atom. The molecule has 0 unspecified atom stereocenters. The quantitative estimate of drug-likeness (QED) is 0.872. The van der Waals surface area contributed by atoms with Gasteiger partial charge in [-0.25, -0.2) is 13.1 Å². The lowest BCUT2D eigenvalue weighted by Crippen LogP contribution is -2.41. The molecule has 3 rings (SSSR count). The van der Waals surface area contributed by atoms with Crippen LogP contribution in [-0.4, -0.2) is 43.8 Å². The monoisotopic (exact) mass is 373 g/mol. The molecule has 26 heavy (non-hydrogen) atoms. The van der Waals surface area contributed by atoms with Crippen molar-refractivity contribution < 1.29 is 13.2 Å². The zero-order valence-electron chi connectivity index (χ0n) is 14.8. The number of nitrogens with zero attached hydrogens (tertiary/aromatic N) is 2. The Labute approximate surface area is 154 Å². The molecule has 2 aromatic rings. The van der Waals surface area contributed by atoms with E-state index in [-0.39, 0.29) is 11.8 Å². The maximum absolute atomic E-state index is 12.4. The van der Waals surface area contributed by atoms with Gasteiger partial charge in [0.05, 0.1) is 10.5 Å². The van der Waals surface area contributed by atoms with Gasteiger partial charge in [-0.3, -0.25) is 9.78 Å². The molecule has 1 aromatic carbocycles. The zero-order chi connectivity index (χ0) is 18.6. The van der Waals surface area contributed by atoms with Gasteiger partial charge >= 0.3 is 0 Å². The summed E-state index contributed by atoms with van der Waals surface area (Å²) in [6, 6.07) is 10.4. The summed E-state index contributed by atoms with van der Waals surface area (Å²) in [6.45, 7) is 3.52. The summed E-state index contributed by atoms with van der Waals surface area (Å²) in [5.74, 6) is 0.212. The molecule has 6 nitrogen and oxygen atoms in total. The standard InChI is InChI=1S/C19H23N3O3S/c1-15-4-2-6-18(12-15)26(24,25)21-13-16-7-10-22(11-8-16)19(23)17-5-3-9-20-14-17/h2-6,9,12,14,16,21H,7-8,10-11,13H2,1H3. The molecular formula is C19H23N3O3S. The zero-order valence-corrected chi connectivity index (χ0v) is 15.6. The number of likely N-dealkylation sites (tertiary alicyclic amines) is 1. The largest absolute Gasteiger partial charge is 0.339 e. The van der Waals surface area contributed by atoms with Crippen LogP contribution in [0.2, 0.25) is 0 Å². The summed E-state index contributed by atoms with van der Waals surface area (Å²) >= 11 is 0. The molecule has 138 valence electrons. The van der Waals surface area contributed by atoms with Crippen LogP contribution in [0.5, 0.6) is 0 Å². The highest BCUT2D eigenvalue weighted by Crippen LogP contribution is 2.19. The number of piperidine rings is 1. The second-order valence-corrected chi connectivity index (χ2v) is 8.41. The summed E-state index contributed by atoms with van der Waals surface area (Å²) in [4.78, 5) is 18.5. The number of aromatic nitrogens is 1. The number of nitrogens with one attached hydrogen (secondary N) is 1. The van der Waals surface area contributed by atoms with Gasteiger partial charge in [-0.2, -0.15) is 0 Å². The lowest BCUT2D eigenvalue weighted by Gasteiger charge is -2.32. The van der Waals surface area contributed by atoms with Crippen LogP contribution < -0.4 is 4.72 Å². The Balaban J connectivity index is 1.52. The molecule has 1 aliphatic rings. The van der Waals surface area contributed by atoms with Crippen molar-refractivity contribution in [2.75, 3.05) is 19.6 Å². The first-order chi connectivity index (χ1) is 12.5. The van der Waals surface area contributed by atoms with Crippen LogP contribution in [0.3, 0.4) is 0 Å². The summed E-state index contributed by atoms with van der Waals surface area (Å²) in [5, 5.41) is 0. The van der Waals surface area contributed by atoms with Crippen molar-refractivity contribution in [1.82, 2.24) is 14.6 Å². The van der Waals surface area contributed by atoms with Gasteiger partial charge in [0.2, 0.25) is 10.0 Å². The van der Waals surface area contributed by atoms with Gasteiger partial charge < -0.3 is 4.90 Å². The molecule has 1 fully saturated rings. The van der Waals surface area contributed by atoms with Crippen LogP contribution in [0.25, 0.3) is 0 Å². The minimum atomic E-state index is -3.49. The van der Waals surface area contributed by atoms with Gasteiger partial charge in [0.1, 0.15) is 0 Å². The molecule has 0 atom stereocenters. The molecule has 1 aliphatic heterocycles. The summed E-state index contributed by atoms with van der Waals surface area (Å²) < 4.78 is 27.5. The van der Waals surface area contributed by atoms with Gasteiger partial charge in [-0.1, -0.05) is 12.1 Å². The molecule has 0 aliphatic carbocycles. The van der Waals surface area contributed by atoms with Crippen LogP contribution in [-0.2, 0) is 10.0 Å². The van der Waals surface area contributed by atoms with Gasteiger partial charge in [-0.15, -0.1) is 0 Å². The minimum absolute atomic E-state index is 0.0168. The van der Waals surface area contributed by atoms with Gasteiger partial charge in [0.15, 0.2) is 0 Å². The number of carbonyl (C=O) groups excluding carboxylic acids is 1. The Morgan fingerprint density at radius 3 is 2.65 bits per heavy atom. The molecule has 1 saturated heterocycles. The maximum atomic E-state index is 12.4. The third kappa shape index (κ3) is 4.47. The van der Waals surface area contributed by atoms with E-state index in [0.29, 0.717) is 30.1 Å². The highest BCUT2D eigenvalue weighted by atomic mass is 32.2. The van der Waals surface area contributed by atoms with Gasteiger partial charge in [0, 0.05) is 32.0 Å². The fraction of sp³-hybridized carbons (Fsp3) is 0.368. The summed E-state index contributed by atoms with van der Waals surface area (Å²) in [7, 11) is -3.49. The number of rotatable bonds is 5. The first-order valence-corrected chi connectivity index (χ1v) is 10.2. The lowest BCUT2D eigenvalue weighted by molar-refractivity contribution is 0.0691. The Hall–Kier alpha value is -2.25. The van der Waals surface area contributed by atoms with Crippen LogP contribution in [0.15, 0.2) is 53.7 Å². The number of pyridine rings is 1. The number of carbonyl (C=O) groups is 1. The number of hydrogen-bond donors (Lipinski definition) is 1. The van der Waals surface area contributed by atoms with Crippen molar-refractivity contribution in [2.24, 2.45) is 5.92 Å². The fourth-order valence-electron chi connectivity index (χ4n) is 3.11. The summed E-state index contributed by atoms with van der Waals surface area (Å²) in [6.07, 6.45) is 4.78. The SMILES string of the molecule is Cc1cccc(S(=O)(=O)NCC2CCN(C(=O)c3cccnc3)CC2)c1. The molecule has 2 heterocycles. The van der Waals surface area contributed by atoms with Crippen molar-refractivity contribution in [3.05, 3.63) is 59.9 Å². The van der Waals surface area contributed by atoms with E-state index in [1.165, 1.54) is 0 Å². The van der Waals surface area contributed by atoms with Crippen LogP contribution in [0, 0.1) is 12.8 Å². The second-order valence-electron chi connectivity index (χ2n) is 6.65. The highest BCUT2D eigenvalue weighted by Gasteiger charge is 2.25. The van der Waals surface area contributed by atoms with E-state index < -0.39 is 10.0 Å². The maximum Gasteiger partial charge on any atom is 0.255 e. The Bertz CT molecular complexity index is 861. The van der Waals surface area contributed by atoms with Crippen molar-refractivity contribution in [1.29, 1.82) is 0 Å². The van der Waals surface area contributed by atoms with E-state index in [1.54, 1.807) is 42.7 Å². The average molecular weight is 373 g/mol. The van der Waals surface area contributed by atoms with Crippen LogP contribution >= 0.6 is 0 Å². The van der Waals surface area contributed by atoms with E-state index in [0.717, 1.165) is 18.4 Å². The summed E-state index contributed by atoms with van der Waals surface area (Å²) in [5.41, 5.74) is 1.50.